The lowest BCUT2D eigenvalue weighted by Gasteiger charge is -2.08. The Balaban J connectivity index is 1.50. The third kappa shape index (κ3) is 6.35. The van der Waals surface area contributed by atoms with E-state index in [0.29, 0.717) is 43.8 Å². The Labute approximate surface area is 204 Å². The highest BCUT2D eigenvalue weighted by molar-refractivity contribution is 5.96. The number of ether oxygens (including phenoxy) is 2. The average molecular weight is 473 g/mol. The minimum absolute atomic E-state index is 0.303. The Hall–Kier alpha value is -4.40. The lowest BCUT2D eigenvalue weighted by molar-refractivity contribution is 0.0947. The maximum absolute atomic E-state index is 13.1. The molecule has 4 rings (SSSR count). The summed E-state index contributed by atoms with van der Waals surface area (Å²) in [6, 6.07) is 18.8. The van der Waals surface area contributed by atoms with E-state index in [0.717, 1.165) is 22.6 Å². The van der Waals surface area contributed by atoms with E-state index in [9.17, 15) is 4.79 Å². The highest BCUT2D eigenvalue weighted by Gasteiger charge is 2.18. The van der Waals surface area contributed by atoms with Crippen LogP contribution < -0.4 is 20.1 Å². The van der Waals surface area contributed by atoms with Crippen LogP contribution in [0.2, 0.25) is 0 Å². The lowest BCUT2D eigenvalue weighted by atomic mass is 10.2. The van der Waals surface area contributed by atoms with Crippen LogP contribution in [0.25, 0.3) is 0 Å². The van der Waals surface area contributed by atoms with Gasteiger partial charge in [-0.2, -0.15) is 9.67 Å². The molecule has 9 nitrogen and oxygen atoms in total. The van der Waals surface area contributed by atoms with E-state index in [1.54, 1.807) is 24.5 Å². The molecule has 0 atom stereocenters. The standard InChI is InChI=1S/C26H28N6O3/c1-3-34-22-9-5-19(6-10-22)17-28-25-30-26(29-18-20-7-11-23(12-8-20)35-4-2)32(31-25)24(33)21-13-15-27-16-14-21/h5-16H,3-4,17-18H2,1-2H3,(H2,28,29,30,31). The fourth-order valence-corrected chi connectivity index (χ4v) is 3.36. The molecule has 2 N–H and O–H groups in total. The molecule has 0 spiro atoms. The van der Waals surface area contributed by atoms with Crippen LogP contribution in [0.3, 0.4) is 0 Å². The number of aromatic nitrogens is 4. The molecule has 0 bridgehead atoms. The molecule has 0 amide bonds. The first-order valence-electron chi connectivity index (χ1n) is 11.5. The Morgan fingerprint density at radius 2 is 1.34 bits per heavy atom. The zero-order chi connectivity index (χ0) is 24.5. The van der Waals surface area contributed by atoms with Crippen LogP contribution in [0.15, 0.2) is 73.1 Å². The first-order chi connectivity index (χ1) is 17.2. The van der Waals surface area contributed by atoms with Gasteiger partial charge in [0.15, 0.2) is 0 Å². The molecular weight excluding hydrogens is 444 g/mol. The molecule has 0 radical (unpaired) electrons. The van der Waals surface area contributed by atoms with Crippen LogP contribution in [-0.2, 0) is 13.1 Å². The third-order valence-electron chi connectivity index (χ3n) is 5.10. The summed E-state index contributed by atoms with van der Waals surface area (Å²) in [5.41, 5.74) is 2.52. The summed E-state index contributed by atoms with van der Waals surface area (Å²) in [6.07, 6.45) is 3.14. The van der Waals surface area contributed by atoms with E-state index >= 15 is 0 Å². The number of benzene rings is 2. The van der Waals surface area contributed by atoms with Crippen LogP contribution in [0.1, 0.15) is 35.3 Å². The van der Waals surface area contributed by atoms with Crippen molar-refractivity contribution in [2.45, 2.75) is 26.9 Å². The third-order valence-corrected chi connectivity index (χ3v) is 5.10. The predicted octanol–water partition coefficient (Wildman–Crippen LogP) is 4.38. The zero-order valence-electron chi connectivity index (χ0n) is 19.8. The second kappa shape index (κ2) is 11.6. The number of anilines is 2. The van der Waals surface area contributed by atoms with Crippen molar-refractivity contribution in [3.8, 4) is 11.5 Å². The number of carbonyl (C=O) groups excluding carboxylic acids is 1. The van der Waals surface area contributed by atoms with E-state index in [1.807, 2.05) is 62.4 Å². The number of rotatable bonds is 11. The molecule has 2 aromatic carbocycles. The van der Waals surface area contributed by atoms with Gasteiger partial charge in [0.2, 0.25) is 11.9 Å². The summed E-state index contributed by atoms with van der Waals surface area (Å²) in [7, 11) is 0. The largest absolute Gasteiger partial charge is 0.494 e. The van der Waals surface area contributed by atoms with Gasteiger partial charge in [-0.1, -0.05) is 24.3 Å². The molecule has 0 unspecified atom stereocenters. The minimum Gasteiger partial charge on any atom is -0.494 e. The fraction of sp³-hybridized carbons (Fsp3) is 0.231. The first-order valence-corrected chi connectivity index (χ1v) is 11.5. The van der Waals surface area contributed by atoms with Gasteiger partial charge in [-0.25, -0.2) is 0 Å². The minimum atomic E-state index is -0.303. The van der Waals surface area contributed by atoms with Gasteiger partial charge in [-0.3, -0.25) is 9.78 Å². The Kier molecular flexibility index (Phi) is 7.90. The number of hydrogen-bond acceptors (Lipinski definition) is 8. The summed E-state index contributed by atoms with van der Waals surface area (Å²) < 4.78 is 12.3. The van der Waals surface area contributed by atoms with Gasteiger partial charge < -0.3 is 20.1 Å². The zero-order valence-corrected chi connectivity index (χ0v) is 19.8. The van der Waals surface area contributed by atoms with E-state index in [4.69, 9.17) is 9.47 Å². The summed E-state index contributed by atoms with van der Waals surface area (Å²) in [5, 5.41) is 10.8. The lowest BCUT2D eigenvalue weighted by Crippen LogP contribution is -2.17. The number of nitrogens with one attached hydrogen (secondary N) is 2. The van der Waals surface area contributed by atoms with Crippen molar-refractivity contribution in [1.82, 2.24) is 19.7 Å². The summed E-state index contributed by atoms with van der Waals surface area (Å²) in [6.45, 7) is 6.10. The maximum Gasteiger partial charge on any atom is 0.281 e. The summed E-state index contributed by atoms with van der Waals surface area (Å²) in [5.74, 6) is 2.02. The summed E-state index contributed by atoms with van der Waals surface area (Å²) >= 11 is 0. The molecule has 35 heavy (non-hydrogen) atoms. The van der Waals surface area contributed by atoms with E-state index in [-0.39, 0.29) is 5.91 Å². The van der Waals surface area contributed by atoms with Gasteiger partial charge in [0.25, 0.3) is 5.91 Å². The molecule has 9 heteroatoms. The highest BCUT2D eigenvalue weighted by Crippen LogP contribution is 2.17. The molecular formula is C26H28N6O3. The van der Waals surface area contributed by atoms with Gasteiger partial charge in [0.1, 0.15) is 11.5 Å². The van der Waals surface area contributed by atoms with Gasteiger partial charge in [-0.15, -0.1) is 5.10 Å². The van der Waals surface area contributed by atoms with Crippen molar-refractivity contribution in [2.24, 2.45) is 0 Å². The number of hydrogen-bond donors (Lipinski definition) is 2. The maximum atomic E-state index is 13.1. The monoisotopic (exact) mass is 472 g/mol. The second-order valence-corrected chi connectivity index (χ2v) is 7.57. The van der Waals surface area contributed by atoms with Gasteiger partial charge >= 0.3 is 0 Å². The molecule has 0 aliphatic heterocycles. The van der Waals surface area contributed by atoms with Gasteiger partial charge in [0, 0.05) is 31.0 Å². The average Bonchev–Trinajstić information content (AvgIpc) is 3.31. The van der Waals surface area contributed by atoms with Crippen molar-refractivity contribution < 1.29 is 14.3 Å². The Morgan fingerprint density at radius 1 is 0.800 bits per heavy atom. The molecule has 2 heterocycles. The molecule has 0 saturated heterocycles. The fourth-order valence-electron chi connectivity index (χ4n) is 3.36. The molecule has 4 aromatic rings. The molecule has 0 fully saturated rings. The predicted molar refractivity (Wildman–Crippen MR) is 134 cm³/mol. The Morgan fingerprint density at radius 3 is 1.89 bits per heavy atom. The van der Waals surface area contributed by atoms with Crippen molar-refractivity contribution in [3.63, 3.8) is 0 Å². The van der Waals surface area contributed by atoms with Crippen LogP contribution in [-0.4, -0.2) is 38.9 Å². The van der Waals surface area contributed by atoms with Crippen molar-refractivity contribution in [2.75, 3.05) is 23.8 Å². The van der Waals surface area contributed by atoms with E-state index in [1.165, 1.54) is 4.68 Å². The quantitative estimate of drug-likeness (QED) is 0.331. The highest BCUT2D eigenvalue weighted by atomic mass is 16.5. The second-order valence-electron chi connectivity index (χ2n) is 7.57. The van der Waals surface area contributed by atoms with Crippen LogP contribution in [0, 0.1) is 0 Å². The Bertz CT molecular complexity index is 1220. The van der Waals surface area contributed by atoms with Crippen LogP contribution >= 0.6 is 0 Å². The number of pyridine rings is 1. The topological polar surface area (TPSA) is 103 Å². The molecule has 0 saturated carbocycles. The molecule has 180 valence electrons. The van der Waals surface area contributed by atoms with Crippen LogP contribution in [0.5, 0.6) is 11.5 Å². The van der Waals surface area contributed by atoms with E-state index < -0.39 is 0 Å². The first kappa shape index (κ1) is 23.7. The van der Waals surface area contributed by atoms with E-state index in [2.05, 4.69) is 25.7 Å². The van der Waals surface area contributed by atoms with Crippen LogP contribution in [0.4, 0.5) is 11.9 Å². The van der Waals surface area contributed by atoms with Crippen molar-refractivity contribution in [3.05, 3.63) is 89.7 Å². The van der Waals surface area contributed by atoms with Crippen molar-refractivity contribution in [1.29, 1.82) is 0 Å². The van der Waals surface area contributed by atoms with Gasteiger partial charge in [0.05, 0.1) is 13.2 Å². The smallest absolute Gasteiger partial charge is 0.281 e. The summed E-state index contributed by atoms with van der Waals surface area (Å²) in [4.78, 5) is 21.6. The molecule has 0 aliphatic rings. The number of carbonyl (C=O) groups is 1. The normalized spacial score (nSPS) is 10.6. The molecule has 2 aromatic heterocycles. The number of nitrogens with zero attached hydrogens (tertiary/aromatic N) is 4. The SMILES string of the molecule is CCOc1ccc(CNc2nc(NCc3ccc(OCC)cc3)n(C(=O)c3ccncc3)n2)cc1. The molecule has 0 aliphatic carbocycles. The van der Waals surface area contributed by atoms with Crippen molar-refractivity contribution >= 4 is 17.8 Å². The van der Waals surface area contributed by atoms with Gasteiger partial charge in [-0.05, 0) is 61.4 Å².